The van der Waals surface area contributed by atoms with E-state index in [1.807, 2.05) is 45.4 Å². The summed E-state index contributed by atoms with van der Waals surface area (Å²) in [5.74, 6) is 0.00796. The Morgan fingerprint density at radius 2 is 2.00 bits per heavy atom. The summed E-state index contributed by atoms with van der Waals surface area (Å²) in [5, 5.41) is 2.85. The zero-order chi connectivity index (χ0) is 10.8. The molecule has 0 saturated heterocycles. The molecule has 1 radical (unpaired) electrons. The van der Waals surface area contributed by atoms with Crippen LogP contribution in [0.2, 0.25) is 0 Å². The largest absolute Gasteiger partial charge is 0.325 e. The second-order valence-electron chi connectivity index (χ2n) is 4.36. The van der Waals surface area contributed by atoms with Crippen molar-refractivity contribution in [1.82, 2.24) is 5.32 Å². The van der Waals surface area contributed by atoms with E-state index in [9.17, 15) is 4.79 Å². The summed E-state index contributed by atoms with van der Waals surface area (Å²) < 4.78 is 0. The molecule has 75 valence electrons. The summed E-state index contributed by atoms with van der Waals surface area (Å²) in [6, 6.07) is 0. The molecule has 0 heterocycles. The average Bonchev–Trinajstić information content (AvgIpc) is 2.07. The molecule has 0 unspecified atom stereocenters. The van der Waals surface area contributed by atoms with E-state index in [0.717, 1.165) is 11.3 Å². The number of nitrogens with one attached hydrogen (secondary N) is 1. The van der Waals surface area contributed by atoms with Crippen LogP contribution in [-0.2, 0) is 4.79 Å². The maximum Gasteiger partial charge on any atom is 0.229 e. The molecular weight excluding hydrogens is 174 g/mol. The maximum absolute atomic E-state index is 11.6. The third-order valence-corrected chi connectivity index (χ3v) is 1.95. The molecule has 0 spiro atoms. The number of hydrogen-bond acceptors (Lipinski definition) is 1. The average molecular weight is 190 g/mol. The van der Waals surface area contributed by atoms with E-state index in [-0.39, 0.29) is 11.3 Å². The summed E-state index contributed by atoms with van der Waals surface area (Å²) in [7, 11) is 0. The van der Waals surface area contributed by atoms with Crippen molar-refractivity contribution in [1.29, 1.82) is 0 Å². The van der Waals surface area contributed by atoms with Gasteiger partial charge in [-0.2, -0.15) is 0 Å². The summed E-state index contributed by atoms with van der Waals surface area (Å²) in [4.78, 5) is 11.6. The smallest absolute Gasteiger partial charge is 0.229 e. The van der Waals surface area contributed by atoms with Crippen LogP contribution in [-0.4, -0.2) is 5.91 Å². The molecule has 1 rings (SSSR count). The topological polar surface area (TPSA) is 29.1 Å². The van der Waals surface area contributed by atoms with Crippen molar-refractivity contribution >= 4 is 5.91 Å². The van der Waals surface area contributed by atoms with Gasteiger partial charge in [-0.15, -0.1) is 0 Å². The van der Waals surface area contributed by atoms with Gasteiger partial charge >= 0.3 is 0 Å². The van der Waals surface area contributed by atoms with Gasteiger partial charge in [0.15, 0.2) is 0 Å². The predicted octanol–water partition coefficient (Wildman–Crippen LogP) is 2.36. The van der Waals surface area contributed by atoms with Crippen LogP contribution in [0.1, 0.15) is 20.8 Å². The lowest BCUT2D eigenvalue weighted by molar-refractivity contribution is -0.127. The van der Waals surface area contributed by atoms with Crippen molar-refractivity contribution in [2.75, 3.05) is 0 Å². The first-order chi connectivity index (χ1) is 6.41. The van der Waals surface area contributed by atoms with E-state index in [1.165, 1.54) is 0 Å². The first-order valence-electron chi connectivity index (χ1n) is 4.64. The zero-order valence-corrected chi connectivity index (χ0v) is 8.92. The van der Waals surface area contributed by atoms with Crippen molar-refractivity contribution in [3.8, 4) is 0 Å². The van der Waals surface area contributed by atoms with E-state index >= 15 is 0 Å². The normalized spacial score (nSPS) is 16.5. The van der Waals surface area contributed by atoms with Crippen LogP contribution < -0.4 is 5.32 Å². The second-order valence-corrected chi connectivity index (χ2v) is 4.36. The highest BCUT2D eigenvalue weighted by Crippen LogP contribution is 2.18. The molecular formula is C12H16NO. The number of carbonyl (C=O) groups excluding carboxylic acids is 1. The molecule has 0 aromatic rings. The van der Waals surface area contributed by atoms with Gasteiger partial charge in [0.25, 0.3) is 0 Å². The lowest BCUT2D eigenvalue weighted by Crippen LogP contribution is -2.34. The summed E-state index contributed by atoms with van der Waals surface area (Å²) in [6.45, 7) is 9.49. The molecule has 0 saturated carbocycles. The fourth-order valence-electron chi connectivity index (χ4n) is 0.952. The van der Waals surface area contributed by atoms with E-state index in [2.05, 4.69) is 11.9 Å². The van der Waals surface area contributed by atoms with Crippen LogP contribution in [0.25, 0.3) is 0 Å². The van der Waals surface area contributed by atoms with E-state index in [1.54, 1.807) is 0 Å². The number of amides is 1. The predicted molar refractivity (Wildman–Crippen MR) is 58.3 cm³/mol. The van der Waals surface area contributed by atoms with Crippen LogP contribution in [0, 0.1) is 11.8 Å². The lowest BCUT2D eigenvalue weighted by Gasteiger charge is -2.20. The first-order valence-corrected chi connectivity index (χ1v) is 4.64. The molecule has 0 aromatic carbocycles. The van der Waals surface area contributed by atoms with Crippen molar-refractivity contribution in [2.24, 2.45) is 5.41 Å². The Morgan fingerprint density at radius 3 is 2.50 bits per heavy atom. The second kappa shape index (κ2) is 3.82. The Labute approximate surface area is 85.4 Å². The van der Waals surface area contributed by atoms with Crippen molar-refractivity contribution in [3.05, 3.63) is 42.5 Å². The van der Waals surface area contributed by atoms with Crippen molar-refractivity contribution in [2.45, 2.75) is 20.8 Å². The standard InChI is InChI=1S/C12H16NO/c1-9-7-5-6-8-10(9)13-11(14)12(2,3)4/h5-8H,1H2,2-4H3,(H,13,14). The summed E-state index contributed by atoms with van der Waals surface area (Å²) in [6.07, 6.45) is 7.51. The van der Waals surface area contributed by atoms with Gasteiger partial charge in [-0.25, -0.2) is 0 Å². The van der Waals surface area contributed by atoms with Gasteiger partial charge < -0.3 is 5.32 Å². The minimum absolute atomic E-state index is 0.00796. The molecule has 1 aliphatic rings. The monoisotopic (exact) mass is 190 g/mol. The van der Waals surface area contributed by atoms with Crippen LogP contribution in [0.4, 0.5) is 0 Å². The quantitative estimate of drug-likeness (QED) is 0.675. The minimum Gasteiger partial charge on any atom is -0.325 e. The van der Waals surface area contributed by atoms with E-state index in [4.69, 9.17) is 0 Å². The third kappa shape index (κ3) is 2.59. The third-order valence-electron chi connectivity index (χ3n) is 1.95. The lowest BCUT2D eigenvalue weighted by atomic mass is 9.95. The SMILES string of the molecule is C=C1[CH]C=CC=C1NC(=O)C(C)(C)C. The molecule has 1 amide bonds. The highest BCUT2D eigenvalue weighted by Gasteiger charge is 2.22. The number of hydrogen-bond donors (Lipinski definition) is 1. The van der Waals surface area contributed by atoms with Gasteiger partial charge in [-0.05, 0) is 11.6 Å². The van der Waals surface area contributed by atoms with E-state index < -0.39 is 0 Å². The zero-order valence-electron chi connectivity index (χ0n) is 8.92. The Morgan fingerprint density at radius 1 is 1.36 bits per heavy atom. The molecule has 1 N–H and O–H groups in total. The van der Waals surface area contributed by atoms with Gasteiger partial charge in [-0.3, -0.25) is 4.79 Å². The molecule has 0 bridgehead atoms. The van der Waals surface area contributed by atoms with Gasteiger partial charge in [0.1, 0.15) is 0 Å². The highest BCUT2D eigenvalue weighted by molar-refractivity contribution is 5.84. The minimum atomic E-state index is -0.373. The van der Waals surface area contributed by atoms with Crippen molar-refractivity contribution < 1.29 is 4.79 Å². The highest BCUT2D eigenvalue weighted by atomic mass is 16.2. The van der Waals surface area contributed by atoms with Crippen LogP contribution in [0.5, 0.6) is 0 Å². The van der Waals surface area contributed by atoms with Crippen LogP contribution in [0.15, 0.2) is 36.1 Å². The van der Waals surface area contributed by atoms with Crippen LogP contribution >= 0.6 is 0 Å². The Hall–Kier alpha value is -1.31. The van der Waals surface area contributed by atoms with Gasteiger partial charge in [0, 0.05) is 17.5 Å². The first kappa shape index (κ1) is 10.8. The molecule has 0 atom stereocenters. The Bertz CT molecular complexity index is 316. The summed E-state index contributed by atoms with van der Waals surface area (Å²) in [5.41, 5.74) is 1.25. The molecule has 1 aliphatic carbocycles. The number of rotatable bonds is 1. The van der Waals surface area contributed by atoms with Crippen molar-refractivity contribution in [3.63, 3.8) is 0 Å². The molecule has 2 nitrogen and oxygen atoms in total. The number of allylic oxidation sites excluding steroid dienone is 4. The molecule has 0 fully saturated rings. The number of carbonyl (C=O) groups is 1. The fourth-order valence-corrected chi connectivity index (χ4v) is 0.952. The van der Waals surface area contributed by atoms with Gasteiger partial charge in [-0.1, -0.05) is 39.5 Å². The Kier molecular flexibility index (Phi) is 2.94. The van der Waals surface area contributed by atoms with Crippen LogP contribution in [0.3, 0.4) is 0 Å². The van der Waals surface area contributed by atoms with Gasteiger partial charge in [0.2, 0.25) is 5.91 Å². The molecule has 2 heteroatoms. The Balaban J connectivity index is 2.69. The fraction of sp³-hybridized carbons (Fsp3) is 0.333. The maximum atomic E-state index is 11.6. The molecule has 14 heavy (non-hydrogen) atoms. The summed E-state index contributed by atoms with van der Waals surface area (Å²) >= 11 is 0. The molecule has 0 aromatic heterocycles. The molecule has 0 aliphatic heterocycles. The van der Waals surface area contributed by atoms with E-state index in [0.29, 0.717) is 0 Å². The van der Waals surface area contributed by atoms with Gasteiger partial charge in [0.05, 0.1) is 0 Å².